The fourth-order valence-electron chi connectivity index (χ4n) is 4.89. The molecule has 0 bridgehead atoms. The van der Waals surface area contributed by atoms with E-state index < -0.39 is 90.6 Å². The summed E-state index contributed by atoms with van der Waals surface area (Å²) in [7, 11) is 0. The van der Waals surface area contributed by atoms with E-state index in [0.717, 1.165) is 19.1 Å². The molecule has 2 aromatic carbocycles. The van der Waals surface area contributed by atoms with E-state index in [1.54, 1.807) is 0 Å². The number of fused-ring (bicyclic) bond motifs is 1. The zero-order chi connectivity index (χ0) is 31.9. The van der Waals surface area contributed by atoms with E-state index >= 15 is 0 Å². The van der Waals surface area contributed by atoms with Crippen LogP contribution in [-0.4, -0.2) is 115 Å². The largest absolute Gasteiger partial charge is 0.508 e. The highest BCUT2D eigenvalue weighted by Gasteiger charge is 2.47. The second kappa shape index (κ2) is 12.5. The maximum atomic E-state index is 13.6. The minimum absolute atomic E-state index is 0.110. The molecule has 9 atom stereocenters. The number of esters is 1. The van der Waals surface area contributed by atoms with Crippen LogP contribution in [0.15, 0.2) is 45.6 Å². The lowest BCUT2D eigenvalue weighted by atomic mass is 9.99. The van der Waals surface area contributed by atoms with Gasteiger partial charge in [0.15, 0.2) is 18.2 Å². The van der Waals surface area contributed by atoms with E-state index in [9.17, 15) is 50.4 Å². The Morgan fingerprint density at radius 2 is 1.61 bits per heavy atom. The number of aliphatic hydroxyl groups is 5. The fraction of sp³-hybridized carbons (Fsp3) is 0.429. The molecule has 16 nitrogen and oxygen atoms in total. The smallest absolute Gasteiger partial charge is 0.303 e. The normalized spacial score (nSPS) is 30.6. The van der Waals surface area contributed by atoms with E-state index in [0.29, 0.717) is 0 Å². The molecule has 238 valence electrons. The lowest BCUT2D eigenvalue weighted by molar-refractivity contribution is -0.308. The van der Waals surface area contributed by atoms with E-state index in [1.807, 2.05) is 0 Å². The van der Waals surface area contributed by atoms with Crippen LogP contribution < -0.4 is 10.2 Å². The molecular formula is C28H30O16. The van der Waals surface area contributed by atoms with Crippen molar-refractivity contribution >= 4 is 16.9 Å². The molecule has 2 saturated heterocycles. The van der Waals surface area contributed by atoms with E-state index in [-0.39, 0.29) is 34.6 Å². The van der Waals surface area contributed by atoms with Gasteiger partial charge < -0.3 is 69.0 Å². The third kappa shape index (κ3) is 6.15. The molecule has 0 saturated carbocycles. The van der Waals surface area contributed by atoms with Gasteiger partial charge in [0.05, 0.1) is 13.2 Å². The topological polar surface area (TPSA) is 255 Å². The van der Waals surface area contributed by atoms with Crippen LogP contribution in [0.3, 0.4) is 0 Å². The van der Waals surface area contributed by atoms with Crippen LogP contribution >= 0.6 is 0 Å². The number of hydrogen-bond donors (Lipinski definition) is 8. The highest BCUT2D eigenvalue weighted by atomic mass is 16.7. The summed E-state index contributed by atoms with van der Waals surface area (Å²) in [5, 5.41) is 82.0. The summed E-state index contributed by atoms with van der Waals surface area (Å²) in [6, 6.07) is 7.30. The molecule has 0 amide bonds. The Morgan fingerprint density at radius 1 is 0.909 bits per heavy atom. The third-order valence-corrected chi connectivity index (χ3v) is 7.10. The first kappa shape index (κ1) is 31.4. The molecule has 3 heterocycles. The maximum Gasteiger partial charge on any atom is 0.303 e. The highest BCUT2D eigenvalue weighted by Crippen LogP contribution is 2.37. The third-order valence-electron chi connectivity index (χ3n) is 7.10. The molecule has 2 aliphatic heterocycles. The number of ether oxygens (including phenoxy) is 5. The molecule has 4 unspecified atom stereocenters. The van der Waals surface area contributed by atoms with Crippen molar-refractivity contribution < 1.29 is 73.7 Å². The van der Waals surface area contributed by atoms with E-state index in [2.05, 4.69) is 0 Å². The molecule has 1 aromatic heterocycles. The Hall–Kier alpha value is -4.00. The Bertz CT molecular complexity index is 1550. The lowest BCUT2D eigenvalue weighted by Gasteiger charge is -2.41. The van der Waals surface area contributed by atoms with Gasteiger partial charge in [-0.05, 0) is 24.3 Å². The molecule has 5 rings (SSSR count). The van der Waals surface area contributed by atoms with Crippen molar-refractivity contribution in [2.45, 2.75) is 62.2 Å². The summed E-state index contributed by atoms with van der Waals surface area (Å²) in [6.45, 7) is 0.119. The van der Waals surface area contributed by atoms with E-state index in [1.165, 1.54) is 24.3 Å². The first-order valence-electron chi connectivity index (χ1n) is 13.3. The zero-order valence-electron chi connectivity index (χ0n) is 22.9. The molecule has 2 fully saturated rings. The van der Waals surface area contributed by atoms with Crippen LogP contribution in [0, 0.1) is 0 Å². The second-order valence-corrected chi connectivity index (χ2v) is 10.3. The number of carbonyl (C=O) groups excluding carboxylic acids is 1. The second-order valence-electron chi connectivity index (χ2n) is 10.3. The molecule has 16 heteroatoms. The van der Waals surface area contributed by atoms with Crippen LogP contribution in [-0.2, 0) is 23.7 Å². The van der Waals surface area contributed by atoms with Gasteiger partial charge >= 0.3 is 5.97 Å². The average molecular weight is 623 g/mol. The van der Waals surface area contributed by atoms with Gasteiger partial charge in [-0.15, -0.1) is 0 Å². The van der Waals surface area contributed by atoms with Crippen LogP contribution in [0.25, 0.3) is 22.3 Å². The number of aromatic hydroxyl groups is 3. The summed E-state index contributed by atoms with van der Waals surface area (Å²) in [6.07, 6.45) is -14.7. The summed E-state index contributed by atoms with van der Waals surface area (Å²) in [5.74, 6) is -2.79. The van der Waals surface area contributed by atoms with Crippen LogP contribution in [0.4, 0.5) is 0 Å². The maximum absolute atomic E-state index is 13.6. The highest BCUT2D eigenvalue weighted by molar-refractivity contribution is 5.88. The van der Waals surface area contributed by atoms with Crippen molar-refractivity contribution in [3.05, 3.63) is 46.6 Å². The zero-order valence-corrected chi connectivity index (χ0v) is 22.9. The molecule has 0 aliphatic carbocycles. The number of benzene rings is 2. The first-order chi connectivity index (χ1) is 20.8. The number of carbonyl (C=O) groups is 1. The van der Waals surface area contributed by atoms with Gasteiger partial charge in [0.25, 0.3) is 0 Å². The summed E-state index contributed by atoms with van der Waals surface area (Å²) in [4.78, 5) is 24.9. The van der Waals surface area contributed by atoms with Crippen molar-refractivity contribution in [3.8, 4) is 34.3 Å². The molecular weight excluding hydrogens is 592 g/mol. The Kier molecular flexibility index (Phi) is 8.96. The summed E-state index contributed by atoms with van der Waals surface area (Å²) >= 11 is 0. The number of aliphatic hydroxyl groups excluding tert-OH is 5. The molecule has 0 radical (unpaired) electrons. The quantitative estimate of drug-likeness (QED) is 0.144. The van der Waals surface area contributed by atoms with Crippen molar-refractivity contribution in [2.75, 3.05) is 13.2 Å². The lowest BCUT2D eigenvalue weighted by Crippen LogP contribution is -2.61. The van der Waals surface area contributed by atoms with E-state index in [4.69, 9.17) is 28.1 Å². The Morgan fingerprint density at radius 3 is 2.30 bits per heavy atom. The molecule has 3 aromatic rings. The fourth-order valence-corrected chi connectivity index (χ4v) is 4.89. The standard InChI is InChI=1S/C28H30O16/c1-10(29)41-25-15(33)8-39-27(23(25)38)40-9-17-19(34)21(36)22(37)28(43-17)44-26-20(35)18-14(32)6-13(31)7-16(18)42-24(26)11-2-4-12(30)5-3-11/h2-7,15,17,19,21-23,25,27-28,30-34,36-38H,8-9H2,1H3/t15?,17?,19-,21+,22?,23?,25+,27+,28+/m1/s1. The molecule has 2 aliphatic rings. The SMILES string of the molecule is CC(=O)O[C@H]1C(O)CO[C@@H](OCC2O[C@@H](Oc3c(-c4ccc(O)cc4)oc4cc(O)cc(O)c4c3=O)C(O)[C@@H](O)[C@@H]2O)C1O. The minimum Gasteiger partial charge on any atom is -0.508 e. The van der Waals surface area contributed by atoms with Crippen molar-refractivity contribution in [2.24, 2.45) is 0 Å². The monoisotopic (exact) mass is 622 g/mol. The van der Waals surface area contributed by atoms with Gasteiger partial charge in [0.1, 0.15) is 64.8 Å². The van der Waals surface area contributed by atoms with Gasteiger partial charge in [-0.1, -0.05) is 0 Å². The molecule has 8 N–H and O–H groups in total. The van der Waals surface area contributed by atoms with Gasteiger partial charge in [0.2, 0.25) is 17.5 Å². The van der Waals surface area contributed by atoms with Crippen molar-refractivity contribution in [1.29, 1.82) is 0 Å². The number of phenols is 3. The van der Waals surface area contributed by atoms with Crippen LogP contribution in [0.5, 0.6) is 23.0 Å². The van der Waals surface area contributed by atoms with Gasteiger partial charge in [0, 0.05) is 24.6 Å². The number of rotatable bonds is 7. The first-order valence-corrected chi connectivity index (χ1v) is 13.3. The summed E-state index contributed by atoms with van der Waals surface area (Å²) < 4.78 is 32.8. The van der Waals surface area contributed by atoms with Crippen LogP contribution in [0.2, 0.25) is 0 Å². The predicted octanol–water partition coefficient (Wildman–Crippen LogP) is -1.21. The van der Waals surface area contributed by atoms with Crippen LogP contribution in [0.1, 0.15) is 6.92 Å². The van der Waals surface area contributed by atoms with Crippen molar-refractivity contribution in [1.82, 2.24) is 0 Å². The van der Waals surface area contributed by atoms with Gasteiger partial charge in [-0.2, -0.15) is 0 Å². The minimum atomic E-state index is -1.93. The van der Waals surface area contributed by atoms with Crippen molar-refractivity contribution in [3.63, 3.8) is 0 Å². The number of hydrogen-bond acceptors (Lipinski definition) is 16. The van der Waals surface area contributed by atoms with Gasteiger partial charge in [-0.25, -0.2) is 0 Å². The molecule has 0 spiro atoms. The number of phenolic OH excluding ortho intramolecular Hbond substituents is 3. The average Bonchev–Trinajstić information content (AvgIpc) is 2.96. The van der Waals surface area contributed by atoms with Gasteiger partial charge in [-0.3, -0.25) is 9.59 Å². The Balaban J connectivity index is 1.43. The predicted molar refractivity (Wildman–Crippen MR) is 143 cm³/mol. The molecule has 44 heavy (non-hydrogen) atoms. The Labute approximate surface area is 247 Å². The summed E-state index contributed by atoms with van der Waals surface area (Å²) in [5.41, 5.74) is -0.985.